The number of rotatable bonds is 6. The van der Waals surface area contributed by atoms with E-state index in [2.05, 4.69) is 0 Å². The Kier molecular flexibility index (Phi) is 7.96. The molecule has 6 fully saturated rings. The summed E-state index contributed by atoms with van der Waals surface area (Å²) < 4.78 is 3.02. The smallest absolute Gasteiger partial charge is 0.0789 e. The van der Waals surface area contributed by atoms with Gasteiger partial charge in [0.05, 0.1) is 52.4 Å². The van der Waals surface area contributed by atoms with Crippen molar-refractivity contribution in [2.24, 2.45) is 11.8 Å². The summed E-state index contributed by atoms with van der Waals surface area (Å²) in [6, 6.07) is 0. The van der Waals surface area contributed by atoms with Gasteiger partial charge in [-0.25, -0.2) is 0 Å². The molecule has 0 amide bonds. The summed E-state index contributed by atoms with van der Waals surface area (Å²) in [7, 11) is 0. The van der Waals surface area contributed by atoms with Crippen molar-refractivity contribution in [1.82, 2.24) is 0 Å². The Morgan fingerprint density at radius 2 is 0.783 bits per heavy atom. The summed E-state index contributed by atoms with van der Waals surface area (Å²) in [6.07, 6.45) is 13.8. The van der Waals surface area contributed by atoms with Crippen molar-refractivity contribution in [3.63, 3.8) is 0 Å². The van der Waals surface area contributed by atoms with E-state index in [1.807, 2.05) is 0 Å². The van der Waals surface area contributed by atoms with E-state index in [0.29, 0.717) is 0 Å². The second-order valence-corrected chi connectivity index (χ2v) is 9.00. The molecule has 0 N–H and O–H groups in total. The number of hydrogen-bond donors (Lipinski definition) is 0. The molecule has 6 heterocycles. The molecule has 6 aliphatic heterocycles. The quantitative estimate of drug-likeness (QED) is 0.195. The lowest BCUT2D eigenvalue weighted by Crippen LogP contribution is -3.00. The van der Waals surface area contributed by atoms with Gasteiger partial charge in [0.15, 0.2) is 0 Å². The molecule has 0 radical (unpaired) electrons. The summed E-state index contributed by atoms with van der Waals surface area (Å²) in [5, 5.41) is 0. The number of fused-ring (bicyclic) bond motifs is 6. The molecular weight excluding hydrogens is 510 g/mol. The Morgan fingerprint density at radius 3 is 1.09 bits per heavy atom. The van der Waals surface area contributed by atoms with Gasteiger partial charge in [0.2, 0.25) is 0 Å². The van der Waals surface area contributed by atoms with Crippen molar-refractivity contribution >= 4 is 0 Å². The van der Waals surface area contributed by atoms with E-state index in [4.69, 9.17) is 0 Å². The maximum Gasteiger partial charge on any atom is 0.0789 e. The van der Waals surface area contributed by atoms with Crippen LogP contribution in [0.5, 0.6) is 0 Å². The fourth-order valence-electron chi connectivity index (χ4n) is 6.02. The molecule has 0 unspecified atom stereocenters. The Hall–Kier alpha value is 1.38. The van der Waals surface area contributed by atoms with Crippen LogP contribution >= 0.6 is 0 Å². The maximum atomic E-state index is 1.54. The molecule has 6 rings (SSSR count). The molecule has 0 aliphatic carbocycles. The van der Waals surface area contributed by atoms with Crippen LogP contribution in [-0.2, 0) is 0 Å². The van der Waals surface area contributed by atoms with Gasteiger partial charge in [-0.2, -0.15) is 0 Å². The lowest BCUT2D eigenvalue weighted by Gasteiger charge is -2.50. The highest BCUT2D eigenvalue weighted by atomic mass is 127. The van der Waals surface area contributed by atoms with Gasteiger partial charge >= 0.3 is 0 Å². The molecule has 23 heavy (non-hydrogen) atoms. The van der Waals surface area contributed by atoms with Crippen molar-refractivity contribution in [1.29, 1.82) is 0 Å². The van der Waals surface area contributed by atoms with Crippen molar-refractivity contribution in [3.8, 4) is 0 Å². The highest BCUT2D eigenvalue weighted by Gasteiger charge is 2.40. The van der Waals surface area contributed by atoms with E-state index in [0.717, 1.165) is 11.8 Å². The fourth-order valence-corrected chi connectivity index (χ4v) is 6.02. The van der Waals surface area contributed by atoms with Crippen molar-refractivity contribution in [3.05, 3.63) is 0 Å². The highest BCUT2D eigenvalue weighted by Crippen LogP contribution is 2.35. The number of quaternary nitrogens is 2. The summed E-state index contributed by atoms with van der Waals surface area (Å²) in [5.74, 6) is 2.23. The van der Waals surface area contributed by atoms with Gasteiger partial charge in [-0.1, -0.05) is 0 Å². The number of unbranched alkanes of at least 4 members (excludes halogenated alkanes) is 2. The van der Waals surface area contributed by atoms with Crippen LogP contribution in [0.3, 0.4) is 0 Å². The first kappa shape index (κ1) is 20.7. The average molecular weight is 546 g/mol. The standard InChI is InChI=1S/C19H36N2.2HI/c1(2-10-20-12-4-18(5-13-20)6-14-20)3-11-21-15-7-19(8-16-21)9-17-21;;/h18-19H,1-17H2;2*1H/q+2;;/p-2. The first-order valence-corrected chi connectivity index (χ1v) is 9.98. The van der Waals surface area contributed by atoms with Gasteiger partial charge in [0.1, 0.15) is 0 Å². The Morgan fingerprint density at radius 1 is 0.478 bits per heavy atom. The minimum absolute atomic E-state index is 0. The average Bonchev–Trinajstić information content (AvgIpc) is 2.58. The molecule has 6 saturated heterocycles. The zero-order chi connectivity index (χ0) is 14.2. The number of halogens is 2. The third kappa shape index (κ3) is 4.76. The van der Waals surface area contributed by atoms with Gasteiger partial charge in [-0.3, -0.25) is 0 Å². The van der Waals surface area contributed by atoms with Crippen LogP contribution in [0.15, 0.2) is 0 Å². The Labute approximate surface area is 178 Å². The summed E-state index contributed by atoms with van der Waals surface area (Å²) in [6.45, 7) is 12.1. The first-order chi connectivity index (χ1) is 10.3. The molecule has 0 spiro atoms. The van der Waals surface area contributed by atoms with E-state index in [9.17, 15) is 0 Å². The normalized spacial score (nSPS) is 41.2. The molecule has 4 bridgehead atoms. The zero-order valence-corrected chi connectivity index (χ0v) is 19.1. The molecule has 0 atom stereocenters. The second-order valence-electron chi connectivity index (χ2n) is 9.00. The largest absolute Gasteiger partial charge is 1.00 e. The number of hydrogen-bond acceptors (Lipinski definition) is 0. The van der Waals surface area contributed by atoms with Gasteiger partial charge in [0.25, 0.3) is 0 Å². The van der Waals surface area contributed by atoms with Crippen LogP contribution in [0.4, 0.5) is 0 Å². The summed E-state index contributed by atoms with van der Waals surface area (Å²) in [4.78, 5) is 0. The van der Waals surface area contributed by atoms with E-state index in [1.54, 1.807) is 38.5 Å². The minimum Gasteiger partial charge on any atom is -1.00 e. The fraction of sp³-hybridized carbons (Fsp3) is 1.00. The molecule has 2 nitrogen and oxygen atoms in total. The summed E-state index contributed by atoms with van der Waals surface area (Å²) in [5.41, 5.74) is 0. The van der Waals surface area contributed by atoms with Crippen LogP contribution in [0.1, 0.15) is 57.8 Å². The number of piperidine rings is 6. The number of nitrogens with zero attached hydrogens (tertiary/aromatic N) is 2. The van der Waals surface area contributed by atoms with Crippen molar-refractivity contribution in [2.75, 3.05) is 52.4 Å². The van der Waals surface area contributed by atoms with Crippen LogP contribution in [0.25, 0.3) is 0 Å². The Balaban J connectivity index is 0.000000960. The lowest BCUT2D eigenvalue weighted by molar-refractivity contribution is -0.944. The SMILES string of the molecule is C(CC[N+]12CCC(CC1)CC2)CC[N+]12CCC(CC1)CC2.[I-].[I-]. The van der Waals surface area contributed by atoms with E-state index in [1.165, 1.54) is 80.6 Å². The minimum atomic E-state index is 0. The van der Waals surface area contributed by atoms with Gasteiger partial charge in [0, 0.05) is 0 Å². The molecular formula is C19H36I2N2. The van der Waals surface area contributed by atoms with Crippen LogP contribution in [0, 0.1) is 11.8 Å². The van der Waals surface area contributed by atoms with Crippen LogP contribution < -0.4 is 48.0 Å². The molecule has 0 aromatic heterocycles. The molecule has 6 aliphatic rings. The highest BCUT2D eigenvalue weighted by molar-refractivity contribution is 4.73. The maximum absolute atomic E-state index is 1.54. The monoisotopic (exact) mass is 546 g/mol. The molecule has 0 aromatic rings. The topological polar surface area (TPSA) is 0 Å². The molecule has 4 heteroatoms. The third-order valence-corrected chi connectivity index (χ3v) is 7.84. The zero-order valence-electron chi connectivity index (χ0n) is 14.8. The predicted molar refractivity (Wildman–Crippen MR) is 88.0 cm³/mol. The lowest BCUT2D eigenvalue weighted by atomic mass is 9.85. The molecule has 0 aromatic carbocycles. The van der Waals surface area contributed by atoms with Crippen LogP contribution in [-0.4, -0.2) is 61.3 Å². The van der Waals surface area contributed by atoms with Crippen molar-refractivity contribution < 1.29 is 56.9 Å². The third-order valence-electron chi connectivity index (χ3n) is 7.84. The van der Waals surface area contributed by atoms with Crippen molar-refractivity contribution in [2.45, 2.75) is 57.8 Å². The van der Waals surface area contributed by atoms with E-state index >= 15 is 0 Å². The summed E-state index contributed by atoms with van der Waals surface area (Å²) >= 11 is 0. The van der Waals surface area contributed by atoms with Gasteiger partial charge in [-0.05, 0) is 69.6 Å². The molecule has 0 saturated carbocycles. The van der Waals surface area contributed by atoms with E-state index < -0.39 is 0 Å². The molecule has 136 valence electrons. The van der Waals surface area contributed by atoms with Crippen LogP contribution in [0.2, 0.25) is 0 Å². The van der Waals surface area contributed by atoms with E-state index in [-0.39, 0.29) is 48.0 Å². The first-order valence-electron chi connectivity index (χ1n) is 9.98. The Bertz CT molecular complexity index is 297. The van der Waals surface area contributed by atoms with Gasteiger partial charge < -0.3 is 56.9 Å². The second kappa shape index (κ2) is 8.85. The van der Waals surface area contributed by atoms with Gasteiger partial charge in [-0.15, -0.1) is 0 Å². The predicted octanol–water partition coefficient (Wildman–Crippen LogP) is -2.57.